The van der Waals surface area contributed by atoms with E-state index in [1.807, 2.05) is 30.1 Å². The van der Waals surface area contributed by atoms with Crippen LogP contribution < -0.4 is 4.90 Å². The van der Waals surface area contributed by atoms with Crippen LogP contribution in [0.15, 0.2) is 48.5 Å². The van der Waals surface area contributed by atoms with Gasteiger partial charge >= 0.3 is 5.97 Å². The molecule has 0 unspecified atom stereocenters. The fourth-order valence-corrected chi connectivity index (χ4v) is 2.24. The van der Waals surface area contributed by atoms with Crippen LogP contribution in [0.4, 0.5) is 5.95 Å². The molecule has 0 atom stereocenters. The Labute approximate surface area is 121 Å². The fourth-order valence-electron chi connectivity index (χ4n) is 2.24. The second-order valence-electron chi connectivity index (χ2n) is 4.94. The lowest BCUT2D eigenvalue weighted by Gasteiger charge is -2.15. The second kappa shape index (κ2) is 5.28. The molecular weight excluding hydrogens is 266 g/mol. The van der Waals surface area contributed by atoms with Crippen molar-refractivity contribution >= 4 is 23.0 Å². The number of hydrogen-bond donors (Lipinski definition) is 2. The Kier molecular flexibility index (Phi) is 3.31. The van der Waals surface area contributed by atoms with Crippen molar-refractivity contribution in [2.45, 2.75) is 6.54 Å². The zero-order chi connectivity index (χ0) is 14.8. The molecule has 1 heterocycles. The van der Waals surface area contributed by atoms with Gasteiger partial charge < -0.3 is 15.0 Å². The van der Waals surface area contributed by atoms with Crippen LogP contribution in [0.2, 0.25) is 0 Å². The first-order chi connectivity index (χ1) is 10.1. The monoisotopic (exact) mass is 281 g/mol. The molecule has 2 N–H and O–H groups in total. The van der Waals surface area contributed by atoms with Gasteiger partial charge in [-0.15, -0.1) is 0 Å². The Hall–Kier alpha value is -2.82. The van der Waals surface area contributed by atoms with Crippen LogP contribution in [0.5, 0.6) is 0 Å². The van der Waals surface area contributed by atoms with E-state index in [9.17, 15) is 4.79 Å². The molecule has 0 radical (unpaired) electrons. The summed E-state index contributed by atoms with van der Waals surface area (Å²) < 4.78 is 0. The van der Waals surface area contributed by atoms with Crippen molar-refractivity contribution in [3.05, 3.63) is 59.7 Å². The van der Waals surface area contributed by atoms with E-state index in [1.54, 1.807) is 18.2 Å². The number of nitrogens with one attached hydrogen (secondary N) is 1. The Bertz CT molecular complexity index is 781. The Morgan fingerprint density at radius 2 is 2.00 bits per heavy atom. The number of aromatic nitrogens is 2. The highest BCUT2D eigenvalue weighted by molar-refractivity contribution is 5.92. The minimum absolute atomic E-state index is 0.253. The van der Waals surface area contributed by atoms with Gasteiger partial charge in [-0.05, 0) is 23.8 Å². The first-order valence-electron chi connectivity index (χ1n) is 6.61. The zero-order valence-corrected chi connectivity index (χ0v) is 11.6. The van der Waals surface area contributed by atoms with Gasteiger partial charge in [-0.1, -0.05) is 30.3 Å². The average Bonchev–Trinajstić information content (AvgIpc) is 2.91. The molecule has 0 saturated carbocycles. The van der Waals surface area contributed by atoms with Crippen LogP contribution in [-0.2, 0) is 6.54 Å². The van der Waals surface area contributed by atoms with Gasteiger partial charge in [-0.2, -0.15) is 0 Å². The highest BCUT2D eigenvalue weighted by Gasteiger charge is 2.10. The Morgan fingerprint density at radius 3 is 2.71 bits per heavy atom. The van der Waals surface area contributed by atoms with Gasteiger partial charge in [-0.3, -0.25) is 0 Å². The molecular formula is C16H15N3O2. The van der Waals surface area contributed by atoms with Gasteiger partial charge in [0.15, 0.2) is 0 Å². The quantitative estimate of drug-likeness (QED) is 0.771. The minimum Gasteiger partial charge on any atom is -0.478 e. The number of H-pyrrole nitrogens is 1. The van der Waals surface area contributed by atoms with Crippen LogP contribution in [0.1, 0.15) is 15.9 Å². The number of rotatable bonds is 4. The lowest BCUT2D eigenvalue weighted by molar-refractivity contribution is 0.0697. The normalized spacial score (nSPS) is 10.7. The molecule has 3 rings (SSSR count). The fraction of sp³-hybridized carbons (Fsp3) is 0.125. The number of aromatic amines is 1. The van der Waals surface area contributed by atoms with E-state index >= 15 is 0 Å². The Morgan fingerprint density at radius 1 is 1.24 bits per heavy atom. The van der Waals surface area contributed by atoms with E-state index in [-0.39, 0.29) is 5.56 Å². The molecule has 0 bridgehead atoms. The summed E-state index contributed by atoms with van der Waals surface area (Å²) in [7, 11) is 1.95. The van der Waals surface area contributed by atoms with Crippen molar-refractivity contribution in [1.29, 1.82) is 0 Å². The molecule has 3 aromatic rings. The van der Waals surface area contributed by atoms with E-state index in [1.165, 1.54) is 5.56 Å². The molecule has 0 amide bonds. The van der Waals surface area contributed by atoms with Crippen molar-refractivity contribution in [3.63, 3.8) is 0 Å². The van der Waals surface area contributed by atoms with Gasteiger partial charge in [0.1, 0.15) is 0 Å². The average molecular weight is 281 g/mol. The van der Waals surface area contributed by atoms with Crippen LogP contribution in [0.3, 0.4) is 0 Å². The number of hydrogen-bond acceptors (Lipinski definition) is 3. The van der Waals surface area contributed by atoms with Gasteiger partial charge in [0, 0.05) is 13.6 Å². The van der Waals surface area contributed by atoms with E-state index in [4.69, 9.17) is 5.11 Å². The van der Waals surface area contributed by atoms with Gasteiger partial charge in [0.05, 0.1) is 16.6 Å². The zero-order valence-electron chi connectivity index (χ0n) is 11.6. The third-order valence-corrected chi connectivity index (χ3v) is 3.34. The molecule has 1 aromatic heterocycles. The summed E-state index contributed by atoms with van der Waals surface area (Å²) in [5.74, 6) is -0.220. The number of carboxylic acids is 1. The summed E-state index contributed by atoms with van der Waals surface area (Å²) in [6, 6.07) is 15.0. The first-order valence-corrected chi connectivity index (χ1v) is 6.61. The lowest BCUT2D eigenvalue weighted by Crippen LogP contribution is -2.17. The molecule has 21 heavy (non-hydrogen) atoms. The van der Waals surface area contributed by atoms with Crippen molar-refractivity contribution in [2.24, 2.45) is 0 Å². The summed E-state index contributed by atoms with van der Waals surface area (Å²) >= 11 is 0. The molecule has 5 heteroatoms. The molecule has 0 aliphatic heterocycles. The summed E-state index contributed by atoms with van der Waals surface area (Å²) in [6.07, 6.45) is 0. The van der Waals surface area contributed by atoms with E-state index < -0.39 is 5.97 Å². The van der Waals surface area contributed by atoms with E-state index in [2.05, 4.69) is 22.1 Å². The highest BCUT2D eigenvalue weighted by atomic mass is 16.4. The van der Waals surface area contributed by atoms with Crippen LogP contribution in [-0.4, -0.2) is 28.1 Å². The maximum atomic E-state index is 11.0. The summed E-state index contributed by atoms with van der Waals surface area (Å²) in [4.78, 5) is 20.6. The third kappa shape index (κ3) is 2.72. The van der Waals surface area contributed by atoms with Crippen LogP contribution in [0, 0.1) is 0 Å². The first kappa shape index (κ1) is 13.2. The van der Waals surface area contributed by atoms with Gasteiger partial charge in [-0.25, -0.2) is 9.78 Å². The lowest BCUT2D eigenvalue weighted by atomic mass is 10.2. The van der Waals surface area contributed by atoms with Gasteiger partial charge in [0.2, 0.25) is 5.95 Å². The molecule has 2 aromatic carbocycles. The number of carboxylic acid groups (broad SMARTS) is 1. The SMILES string of the molecule is CN(Cc1ccccc1)c1nc2ccc(C(=O)O)cc2[nH]1. The number of benzene rings is 2. The minimum atomic E-state index is -0.939. The van der Waals surface area contributed by atoms with Crippen LogP contribution in [0.25, 0.3) is 11.0 Å². The highest BCUT2D eigenvalue weighted by Crippen LogP contribution is 2.19. The number of nitrogens with zero attached hydrogens (tertiary/aromatic N) is 2. The molecule has 0 saturated heterocycles. The van der Waals surface area contributed by atoms with Crippen molar-refractivity contribution < 1.29 is 9.90 Å². The Balaban J connectivity index is 1.88. The second-order valence-corrected chi connectivity index (χ2v) is 4.94. The van der Waals surface area contributed by atoms with Gasteiger partial charge in [0.25, 0.3) is 0 Å². The summed E-state index contributed by atoms with van der Waals surface area (Å²) in [5, 5.41) is 9.01. The molecule has 0 spiro atoms. The summed E-state index contributed by atoms with van der Waals surface area (Å²) in [5.41, 5.74) is 2.93. The third-order valence-electron chi connectivity index (χ3n) is 3.34. The summed E-state index contributed by atoms with van der Waals surface area (Å²) in [6.45, 7) is 0.729. The largest absolute Gasteiger partial charge is 0.478 e. The number of carbonyl (C=O) groups is 1. The standard InChI is InChI=1S/C16H15N3O2/c1-19(10-11-5-3-2-4-6-11)16-17-13-8-7-12(15(20)21)9-14(13)18-16/h2-9H,10H2,1H3,(H,17,18)(H,20,21). The van der Waals surface area contributed by atoms with E-state index in [0.717, 1.165) is 23.5 Å². The molecule has 5 nitrogen and oxygen atoms in total. The molecule has 0 aliphatic carbocycles. The predicted octanol–water partition coefficient (Wildman–Crippen LogP) is 2.90. The maximum Gasteiger partial charge on any atom is 0.335 e. The number of imidazole rings is 1. The smallest absolute Gasteiger partial charge is 0.335 e. The van der Waals surface area contributed by atoms with Crippen molar-refractivity contribution in [1.82, 2.24) is 9.97 Å². The molecule has 106 valence electrons. The number of aromatic carboxylic acids is 1. The van der Waals surface area contributed by atoms with Crippen molar-refractivity contribution in [2.75, 3.05) is 11.9 Å². The number of anilines is 1. The van der Waals surface area contributed by atoms with E-state index in [0.29, 0.717) is 0 Å². The predicted molar refractivity (Wildman–Crippen MR) is 81.6 cm³/mol. The molecule has 0 fully saturated rings. The van der Waals surface area contributed by atoms with Crippen LogP contribution >= 0.6 is 0 Å². The number of fused-ring (bicyclic) bond motifs is 1. The van der Waals surface area contributed by atoms with Crippen molar-refractivity contribution in [3.8, 4) is 0 Å². The topological polar surface area (TPSA) is 69.2 Å². The maximum absolute atomic E-state index is 11.0. The molecule has 0 aliphatic rings.